The molecule has 0 saturated heterocycles. The van der Waals surface area contributed by atoms with Gasteiger partial charge in [-0.05, 0) is 29.5 Å². The Kier molecular flexibility index (Phi) is 9.48. The Labute approximate surface area is 321 Å². The van der Waals surface area contributed by atoms with E-state index in [1.165, 1.54) is 0 Å². The van der Waals surface area contributed by atoms with Gasteiger partial charge in [0.05, 0.1) is 22.8 Å². The van der Waals surface area contributed by atoms with E-state index in [1.807, 2.05) is 91.0 Å². The number of hydrogen-bond donors (Lipinski definition) is 0. The molecule has 0 saturated carbocycles. The zero-order chi connectivity index (χ0) is 37.8. The first-order valence-electron chi connectivity index (χ1n) is 18.3. The molecule has 1 aliphatic rings. The van der Waals surface area contributed by atoms with E-state index < -0.39 is 0 Å². The molecule has 2 aromatic heterocycles. The third-order valence-corrected chi connectivity index (χ3v) is 10.2. The predicted octanol–water partition coefficient (Wildman–Crippen LogP) is 11.4. The molecule has 1 aliphatic carbocycles. The monoisotopic (exact) mass is 708 g/mol. The summed E-state index contributed by atoms with van der Waals surface area (Å²) in [6, 6.07) is 51.0. The van der Waals surface area contributed by atoms with Crippen LogP contribution in [-0.4, -0.2) is 19.9 Å². The summed E-state index contributed by atoms with van der Waals surface area (Å²) < 4.78 is 0. The third-order valence-electron chi connectivity index (χ3n) is 10.2. The van der Waals surface area contributed by atoms with Crippen molar-refractivity contribution in [3.8, 4) is 68.7 Å². The largest absolute Gasteiger partial charge is 0.227 e. The standard InChI is InChI=1S/C49H36N6/c1-49(2,39-27-23-37(24-28-39)47-52-43(33-15-7-3-8-16-33)41(31-50)44(53-47)34-17-9-4-10-18-34)40-29-25-38(26-30-40)48-54-45(35-19-11-5-12-20-35)42(32-51)46(55-48)36-21-13-6-14-22-36/h3-5,7-13,15-30H,6,14H2,1-2H3. The van der Waals surface area contributed by atoms with Crippen LogP contribution in [0.3, 0.4) is 0 Å². The molecule has 2 heterocycles. The lowest BCUT2D eigenvalue weighted by Crippen LogP contribution is -2.18. The molecular formula is C49H36N6. The van der Waals surface area contributed by atoms with E-state index in [9.17, 15) is 10.5 Å². The van der Waals surface area contributed by atoms with Crippen molar-refractivity contribution >= 4 is 5.57 Å². The topological polar surface area (TPSA) is 99.1 Å². The lowest BCUT2D eigenvalue weighted by atomic mass is 9.77. The first kappa shape index (κ1) is 34.8. The Morgan fingerprint density at radius 1 is 0.455 bits per heavy atom. The molecule has 0 radical (unpaired) electrons. The second kappa shape index (κ2) is 15.0. The first-order valence-corrected chi connectivity index (χ1v) is 18.3. The van der Waals surface area contributed by atoms with E-state index in [4.69, 9.17) is 19.9 Å². The van der Waals surface area contributed by atoms with Crippen molar-refractivity contribution in [3.05, 3.63) is 186 Å². The van der Waals surface area contributed by atoms with E-state index >= 15 is 0 Å². The van der Waals surface area contributed by atoms with Crippen LogP contribution in [0.4, 0.5) is 0 Å². The number of allylic oxidation sites excluding steroid dienone is 4. The van der Waals surface area contributed by atoms with Crippen LogP contribution in [0, 0.1) is 22.7 Å². The molecule has 0 bridgehead atoms. The van der Waals surface area contributed by atoms with E-state index in [-0.39, 0.29) is 5.41 Å². The molecule has 0 spiro atoms. The highest BCUT2D eigenvalue weighted by molar-refractivity contribution is 5.83. The predicted molar refractivity (Wildman–Crippen MR) is 219 cm³/mol. The number of hydrogen-bond acceptors (Lipinski definition) is 6. The van der Waals surface area contributed by atoms with E-state index in [0.29, 0.717) is 45.6 Å². The van der Waals surface area contributed by atoms with Crippen molar-refractivity contribution in [1.82, 2.24) is 19.9 Å². The maximum Gasteiger partial charge on any atom is 0.160 e. The molecule has 7 aromatic rings. The normalized spacial score (nSPS) is 12.4. The fourth-order valence-electron chi connectivity index (χ4n) is 7.04. The van der Waals surface area contributed by atoms with Gasteiger partial charge >= 0.3 is 0 Å². The summed E-state index contributed by atoms with van der Waals surface area (Å²) in [5.74, 6) is 1.13. The molecule has 8 rings (SSSR count). The van der Waals surface area contributed by atoms with Crippen LogP contribution in [0.25, 0.3) is 62.1 Å². The SMILES string of the molecule is CC(C)(c1ccc(-c2nc(C3=CCCC=C3)c(C#N)c(-c3ccccc3)n2)cc1)c1ccc(-c2nc(-c3ccccc3)c(C#N)c(-c3ccccc3)n2)cc1. The molecular weight excluding hydrogens is 673 g/mol. The minimum absolute atomic E-state index is 0.337. The molecule has 55 heavy (non-hydrogen) atoms. The van der Waals surface area contributed by atoms with Crippen LogP contribution in [0.2, 0.25) is 0 Å². The van der Waals surface area contributed by atoms with Crippen LogP contribution in [0.15, 0.2) is 158 Å². The molecule has 0 unspecified atom stereocenters. The molecule has 0 N–H and O–H groups in total. The second-order valence-corrected chi connectivity index (χ2v) is 14.0. The van der Waals surface area contributed by atoms with E-state index in [0.717, 1.165) is 57.4 Å². The van der Waals surface area contributed by atoms with Gasteiger partial charge in [0, 0.05) is 33.2 Å². The Hall–Kier alpha value is -7.28. The van der Waals surface area contributed by atoms with E-state index in [1.54, 1.807) is 0 Å². The Balaban J connectivity index is 1.14. The zero-order valence-corrected chi connectivity index (χ0v) is 30.6. The van der Waals surface area contributed by atoms with Crippen LogP contribution in [0.1, 0.15) is 54.6 Å². The Bertz CT molecular complexity index is 2590. The van der Waals surface area contributed by atoms with Crippen LogP contribution in [0.5, 0.6) is 0 Å². The van der Waals surface area contributed by atoms with Gasteiger partial charge in [-0.1, -0.05) is 172 Å². The van der Waals surface area contributed by atoms with Crippen LogP contribution >= 0.6 is 0 Å². The Morgan fingerprint density at radius 2 is 0.836 bits per heavy atom. The third kappa shape index (κ3) is 6.86. The van der Waals surface area contributed by atoms with Gasteiger partial charge in [-0.25, -0.2) is 19.9 Å². The lowest BCUT2D eigenvalue weighted by Gasteiger charge is -2.26. The summed E-state index contributed by atoms with van der Waals surface area (Å²) in [5, 5.41) is 20.6. The van der Waals surface area contributed by atoms with Crippen molar-refractivity contribution in [1.29, 1.82) is 10.5 Å². The van der Waals surface area contributed by atoms with Crippen molar-refractivity contribution in [2.45, 2.75) is 32.1 Å². The molecule has 0 fully saturated rings. The average molecular weight is 709 g/mol. The number of aromatic nitrogens is 4. The molecule has 6 nitrogen and oxygen atoms in total. The second-order valence-electron chi connectivity index (χ2n) is 14.0. The van der Waals surface area contributed by atoms with E-state index in [2.05, 4.69) is 92.7 Å². The summed E-state index contributed by atoms with van der Waals surface area (Å²) >= 11 is 0. The number of benzene rings is 5. The van der Waals surface area contributed by atoms with Gasteiger partial charge in [0.15, 0.2) is 11.6 Å². The summed E-state index contributed by atoms with van der Waals surface area (Å²) in [6.07, 6.45) is 8.22. The van der Waals surface area contributed by atoms with Gasteiger partial charge in [-0.3, -0.25) is 0 Å². The average Bonchev–Trinajstić information content (AvgIpc) is 3.26. The van der Waals surface area contributed by atoms with Crippen molar-refractivity contribution in [2.75, 3.05) is 0 Å². The number of nitriles is 2. The van der Waals surface area contributed by atoms with Crippen LogP contribution < -0.4 is 0 Å². The summed E-state index contributed by atoms with van der Waals surface area (Å²) in [4.78, 5) is 19.9. The first-order chi connectivity index (χ1) is 26.9. The number of nitrogens with zero attached hydrogens (tertiary/aromatic N) is 6. The highest BCUT2D eigenvalue weighted by Gasteiger charge is 2.25. The van der Waals surface area contributed by atoms with Crippen LogP contribution in [-0.2, 0) is 5.41 Å². The maximum absolute atomic E-state index is 10.3. The molecule has 0 aliphatic heterocycles. The zero-order valence-electron chi connectivity index (χ0n) is 30.6. The highest BCUT2D eigenvalue weighted by Crippen LogP contribution is 2.37. The van der Waals surface area contributed by atoms with Gasteiger partial charge < -0.3 is 0 Å². The van der Waals surface area contributed by atoms with Crippen molar-refractivity contribution < 1.29 is 0 Å². The Morgan fingerprint density at radius 3 is 1.20 bits per heavy atom. The molecule has 6 heteroatoms. The molecule has 0 amide bonds. The summed E-state index contributed by atoms with van der Waals surface area (Å²) in [5.41, 5.74) is 10.6. The number of rotatable bonds is 8. The fraction of sp³-hybridized carbons (Fsp3) is 0.102. The lowest BCUT2D eigenvalue weighted by molar-refractivity contribution is 0.641. The minimum atomic E-state index is -0.337. The van der Waals surface area contributed by atoms with Gasteiger partial charge in [-0.15, -0.1) is 0 Å². The van der Waals surface area contributed by atoms with Gasteiger partial charge in [0.1, 0.15) is 23.3 Å². The van der Waals surface area contributed by atoms with Gasteiger partial charge in [-0.2, -0.15) is 10.5 Å². The highest BCUT2D eigenvalue weighted by atomic mass is 14.9. The summed E-state index contributed by atoms with van der Waals surface area (Å²) in [6.45, 7) is 4.42. The fourth-order valence-corrected chi connectivity index (χ4v) is 7.04. The van der Waals surface area contributed by atoms with Gasteiger partial charge in [0.25, 0.3) is 0 Å². The molecule has 0 atom stereocenters. The summed E-state index contributed by atoms with van der Waals surface area (Å²) in [7, 11) is 0. The van der Waals surface area contributed by atoms with Crippen molar-refractivity contribution in [3.63, 3.8) is 0 Å². The smallest absolute Gasteiger partial charge is 0.160 e. The minimum Gasteiger partial charge on any atom is -0.227 e. The quantitative estimate of drug-likeness (QED) is 0.156. The molecule has 5 aromatic carbocycles. The van der Waals surface area contributed by atoms with Gasteiger partial charge in [0.2, 0.25) is 0 Å². The molecule has 262 valence electrons. The maximum atomic E-state index is 10.3. The van der Waals surface area contributed by atoms with Crippen molar-refractivity contribution in [2.24, 2.45) is 0 Å².